The van der Waals surface area contributed by atoms with Crippen LogP contribution in [0, 0.1) is 17.0 Å². The first kappa shape index (κ1) is 18.1. The van der Waals surface area contributed by atoms with Crippen LogP contribution in [0.25, 0.3) is 0 Å². The van der Waals surface area contributed by atoms with E-state index < -0.39 is 10.8 Å². The molecule has 0 aliphatic rings. The number of nitrogens with zero attached hydrogens (tertiary/aromatic N) is 1. The number of nitrogens with one attached hydrogen (secondary N) is 1. The Hall–Kier alpha value is -3.29. The molecule has 0 unspecified atom stereocenters. The molecule has 0 atom stereocenters. The van der Waals surface area contributed by atoms with Gasteiger partial charge in [0.05, 0.1) is 26.3 Å². The molecule has 8 nitrogen and oxygen atoms in total. The third kappa shape index (κ3) is 3.79. The van der Waals surface area contributed by atoms with Crippen LogP contribution in [-0.2, 0) is 0 Å². The van der Waals surface area contributed by atoms with Gasteiger partial charge in [-0.25, -0.2) is 0 Å². The van der Waals surface area contributed by atoms with E-state index in [2.05, 4.69) is 5.32 Å². The topological polar surface area (TPSA) is 99.9 Å². The number of non-ortho nitro benzene ring substituents is 1. The highest BCUT2D eigenvalue weighted by molar-refractivity contribution is 6.05. The maximum atomic E-state index is 12.5. The Morgan fingerprint density at radius 1 is 1.04 bits per heavy atom. The fourth-order valence-electron chi connectivity index (χ4n) is 2.31. The molecular formula is C17H18N2O6. The van der Waals surface area contributed by atoms with Crippen molar-refractivity contribution in [3.05, 3.63) is 51.6 Å². The van der Waals surface area contributed by atoms with Crippen molar-refractivity contribution in [1.82, 2.24) is 0 Å². The number of hydrogen-bond donors (Lipinski definition) is 1. The summed E-state index contributed by atoms with van der Waals surface area (Å²) < 4.78 is 15.7. The number of ether oxygens (including phenoxy) is 3. The summed E-state index contributed by atoms with van der Waals surface area (Å²) >= 11 is 0. The molecule has 0 spiro atoms. The monoisotopic (exact) mass is 346 g/mol. The highest BCUT2D eigenvalue weighted by Gasteiger charge is 2.18. The van der Waals surface area contributed by atoms with Crippen molar-refractivity contribution < 1.29 is 23.9 Å². The van der Waals surface area contributed by atoms with E-state index in [1.165, 1.54) is 51.7 Å². The van der Waals surface area contributed by atoms with E-state index in [1.54, 1.807) is 6.92 Å². The number of amides is 1. The number of nitro groups is 1. The molecule has 0 saturated heterocycles. The molecule has 1 N–H and O–H groups in total. The van der Waals surface area contributed by atoms with Gasteiger partial charge in [0.25, 0.3) is 11.6 Å². The molecule has 0 aliphatic heterocycles. The van der Waals surface area contributed by atoms with Gasteiger partial charge in [-0.2, -0.15) is 0 Å². The van der Waals surface area contributed by atoms with Crippen LogP contribution in [0.1, 0.15) is 15.9 Å². The van der Waals surface area contributed by atoms with Gasteiger partial charge in [-0.3, -0.25) is 14.9 Å². The van der Waals surface area contributed by atoms with Gasteiger partial charge in [0.1, 0.15) is 0 Å². The van der Waals surface area contributed by atoms with Crippen LogP contribution < -0.4 is 19.5 Å². The Morgan fingerprint density at radius 3 is 2.08 bits per heavy atom. The van der Waals surface area contributed by atoms with Crippen LogP contribution in [0.5, 0.6) is 17.2 Å². The summed E-state index contributed by atoms with van der Waals surface area (Å²) in [6.45, 7) is 1.68. The van der Waals surface area contributed by atoms with Crippen LogP contribution >= 0.6 is 0 Å². The molecule has 0 heterocycles. The molecular weight excluding hydrogens is 328 g/mol. The molecule has 0 fully saturated rings. The average molecular weight is 346 g/mol. The SMILES string of the molecule is COc1cc(C(=O)Nc2ccc([N+](=O)[O-])cc2C)cc(OC)c1OC. The zero-order valence-electron chi connectivity index (χ0n) is 14.3. The quantitative estimate of drug-likeness (QED) is 0.637. The zero-order chi connectivity index (χ0) is 18.6. The number of methoxy groups -OCH3 is 3. The van der Waals surface area contributed by atoms with Crippen molar-refractivity contribution in [3.8, 4) is 17.2 Å². The standard InChI is InChI=1S/C17H18N2O6/c1-10-7-12(19(21)22)5-6-13(10)18-17(20)11-8-14(23-2)16(25-4)15(9-11)24-3/h5-9H,1-4H3,(H,18,20). The molecule has 2 aromatic carbocycles. The second kappa shape index (κ2) is 7.52. The van der Waals surface area contributed by atoms with Gasteiger partial charge in [0.2, 0.25) is 5.75 Å². The minimum absolute atomic E-state index is 0.0386. The molecule has 8 heteroatoms. The van der Waals surface area contributed by atoms with E-state index in [0.717, 1.165) is 0 Å². The second-order valence-electron chi connectivity index (χ2n) is 5.12. The maximum absolute atomic E-state index is 12.5. The Balaban J connectivity index is 2.34. The van der Waals surface area contributed by atoms with Crippen LogP contribution in [0.3, 0.4) is 0 Å². The van der Waals surface area contributed by atoms with Gasteiger partial charge < -0.3 is 19.5 Å². The van der Waals surface area contributed by atoms with Crippen molar-refractivity contribution >= 4 is 17.3 Å². The van der Waals surface area contributed by atoms with E-state index in [0.29, 0.717) is 34.1 Å². The zero-order valence-corrected chi connectivity index (χ0v) is 14.3. The Bertz CT molecular complexity index is 794. The number of nitro benzene ring substituents is 1. The highest BCUT2D eigenvalue weighted by Crippen LogP contribution is 2.38. The summed E-state index contributed by atoms with van der Waals surface area (Å²) in [4.78, 5) is 22.8. The third-order valence-corrected chi connectivity index (χ3v) is 3.60. The normalized spacial score (nSPS) is 10.1. The van der Waals surface area contributed by atoms with Gasteiger partial charge in [0.15, 0.2) is 11.5 Å². The summed E-state index contributed by atoms with van der Waals surface area (Å²) in [6.07, 6.45) is 0. The maximum Gasteiger partial charge on any atom is 0.269 e. The number of benzene rings is 2. The fourth-order valence-corrected chi connectivity index (χ4v) is 2.31. The number of aryl methyl sites for hydroxylation is 1. The van der Waals surface area contributed by atoms with Gasteiger partial charge >= 0.3 is 0 Å². The summed E-state index contributed by atoms with van der Waals surface area (Å²) in [6, 6.07) is 7.26. The fraction of sp³-hybridized carbons (Fsp3) is 0.235. The Morgan fingerprint density at radius 2 is 1.64 bits per heavy atom. The predicted molar refractivity (Wildman–Crippen MR) is 91.9 cm³/mol. The van der Waals surface area contributed by atoms with E-state index >= 15 is 0 Å². The first-order chi connectivity index (χ1) is 11.9. The Kier molecular flexibility index (Phi) is 5.43. The van der Waals surface area contributed by atoms with E-state index in [-0.39, 0.29) is 5.69 Å². The number of anilines is 1. The second-order valence-corrected chi connectivity index (χ2v) is 5.12. The predicted octanol–water partition coefficient (Wildman–Crippen LogP) is 3.18. The van der Waals surface area contributed by atoms with Crippen molar-refractivity contribution in [2.75, 3.05) is 26.6 Å². The molecule has 0 saturated carbocycles. The highest BCUT2D eigenvalue weighted by atomic mass is 16.6. The first-order valence-corrected chi connectivity index (χ1v) is 7.27. The van der Waals surface area contributed by atoms with Crippen LogP contribution in [0.4, 0.5) is 11.4 Å². The van der Waals surface area contributed by atoms with E-state index in [4.69, 9.17) is 14.2 Å². The lowest BCUT2D eigenvalue weighted by Gasteiger charge is -2.14. The summed E-state index contributed by atoms with van der Waals surface area (Å²) in [5.41, 5.74) is 1.31. The van der Waals surface area contributed by atoms with Crippen molar-refractivity contribution in [2.45, 2.75) is 6.92 Å². The van der Waals surface area contributed by atoms with E-state index in [9.17, 15) is 14.9 Å². The molecule has 0 bridgehead atoms. The number of hydrogen-bond acceptors (Lipinski definition) is 6. The number of rotatable bonds is 6. The lowest BCUT2D eigenvalue weighted by atomic mass is 10.1. The average Bonchev–Trinajstić information content (AvgIpc) is 2.61. The summed E-state index contributed by atoms with van der Waals surface area (Å²) in [5.74, 6) is 0.684. The molecule has 2 rings (SSSR count). The minimum Gasteiger partial charge on any atom is -0.493 e. The number of carbonyl (C=O) groups excluding carboxylic acids is 1. The van der Waals surface area contributed by atoms with Crippen LogP contribution in [0.2, 0.25) is 0 Å². The van der Waals surface area contributed by atoms with E-state index in [1.807, 2.05) is 0 Å². The van der Waals surface area contributed by atoms with Gasteiger partial charge in [0, 0.05) is 23.4 Å². The Labute approximate surface area is 144 Å². The lowest BCUT2D eigenvalue weighted by Crippen LogP contribution is -2.13. The molecule has 0 aliphatic carbocycles. The van der Waals surface area contributed by atoms with Crippen LogP contribution in [0.15, 0.2) is 30.3 Å². The smallest absolute Gasteiger partial charge is 0.269 e. The molecule has 0 radical (unpaired) electrons. The molecule has 25 heavy (non-hydrogen) atoms. The number of carbonyl (C=O) groups is 1. The summed E-state index contributed by atoms with van der Waals surface area (Å²) in [5, 5.41) is 13.5. The van der Waals surface area contributed by atoms with Crippen molar-refractivity contribution in [1.29, 1.82) is 0 Å². The van der Waals surface area contributed by atoms with Gasteiger partial charge in [-0.05, 0) is 30.7 Å². The van der Waals surface area contributed by atoms with Crippen molar-refractivity contribution in [2.24, 2.45) is 0 Å². The first-order valence-electron chi connectivity index (χ1n) is 7.27. The van der Waals surface area contributed by atoms with Crippen molar-refractivity contribution in [3.63, 3.8) is 0 Å². The summed E-state index contributed by atoms with van der Waals surface area (Å²) in [7, 11) is 4.39. The molecule has 2 aromatic rings. The minimum atomic E-state index is -0.488. The van der Waals surface area contributed by atoms with Gasteiger partial charge in [-0.15, -0.1) is 0 Å². The van der Waals surface area contributed by atoms with Crippen LogP contribution in [-0.4, -0.2) is 32.2 Å². The van der Waals surface area contributed by atoms with Gasteiger partial charge in [-0.1, -0.05) is 0 Å². The lowest BCUT2D eigenvalue weighted by molar-refractivity contribution is -0.384. The molecule has 132 valence electrons. The molecule has 1 amide bonds. The largest absolute Gasteiger partial charge is 0.493 e. The molecule has 0 aromatic heterocycles. The third-order valence-electron chi connectivity index (χ3n) is 3.60.